The van der Waals surface area contributed by atoms with E-state index in [0.717, 1.165) is 44.4 Å². The number of amides is 1. The predicted octanol–water partition coefficient (Wildman–Crippen LogP) is 2.02. The quantitative estimate of drug-likeness (QED) is 0.908. The average molecular weight is 298 g/mol. The van der Waals surface area contributed by atoms with Gasteiger partial charge in [-0.25, -0.2) is 4.98 Å². The molecule has 0 bridgehead atoms. The van der Waals surface area contributed by atoms with Gasteiger partial charge in [-0.2, -0.15) is 0 Å². The number of nitrogens with one attached hydrogen (secondary N) is 2. The van der Waals surface area contributed by atoms with Crippen LogP contribution in [0, 0.1) is 0 Å². The van der Waals surface area contributed by atoms with Gasteiger partial charge in [-0.15, -0.1) is 0 Å². The molecule has 22 heavy (non-hydrogen) atoms. The highest BCUT2D eigenvalue weighted by Crippen LogP contribution is 2.32. The van der Waals surface area contributed by atoms with Crippen LogP contribution < -0.4 is 5.32 Å². The van der Waals surface area contributed by atoms with Crippen LogP contribution in [0.15, 0.2) is 24.5 Å². The minimum atomic E-state index is 0.192. The molecule has 0 aromatic carbocycles. The third-order valence-corrected chi connectivity index (χ3v) is 4.82. The Morgan fingerprint density at radius 3 is 2.91 bits per heavy atom. The Labute approximate surface area is 130 Å². The second-order valence-corrected chi connectivity index (χ2v) is 6.54. The van der Waals surface area contributed by atoms with Crippen molar-refractivity contribution in [3.8, 4) is 0 Å². The van der Waals surface area contributed by atoms with Crippen molar-refractivity contribution in [2.24, 2.45) is 0 Å². The van der Waals surface area contributed by atoms with E-state index in [2.05, 4.69) is 32.4 Å². The van der Waals surface area contributed by atoms with E-state index in [1.165, 1.54) is 10.9 Å². The first kappa shape index (κ1) is 13.8. The fourth-order valence-electron chi connectivity index (χ4n) is 3.42. The van der Waals surface area contributed by atoms with Crippen LogP contribution in [0.25, 0.3) is 11.0 Å². The lowest BCUT2D eigenvalue weighted by atomic mass is 9.89. The molecule has 3 heterocycles. The molecule has 2 fully saturated rings. The first-order valence-corrected chi connectivity index (χ1v) is 8.23. The van der Waals surface area contributed by atoms with E-state index in [1.807, 2.05) is 12.3 Å². The number of rotatable bonds is 4. The van der Waals surface area contributed by atoms with Crippen molar-refractivity contribution in [2.75, 3.05) is 19.6 Å². The molecule has 0 radical (unpaired) electrons. The largest absolute Gasteiger partial charge is 0.352 e. The van der Waals surface area contributed by atoms with Crippen molar-refractivity contribution in [3.05, 3.63) is 30.1 Å². The number of carbonyl (C=O) groups is 1. The van der Waals surface area contributed by atoms with Gasteiger partial charge in [0.1, 0.15) is 5.65 Å². The first-order valence-electron chi connectivity index (χ1n) is 8.23. The van der Waals surface area contributed by atoms with E-state index in [-0.39, 0.29) is 5.91 Å². The molecule has 2 aromatic heterocycles. The molecule has 1 saturated heterocycles. The number of pyridine rings is 1. The molecule has 5 nitrogen and oxygen atoms in total. The van der Waals surface area contributed by atoms with Gasteiger partial charge in [0.15, 0.2) is 0 Å². The third-order valence-electron chi connectivity index (χ3n) is 4.82. The van der Waals surface area contributed by atoms with Crippen molar-refractivity contribution in [3.63, 3.8) is 0 Å². The van der Waals surface area contributed by atoms with Gasteiger partial charge < -0.3 is 10.3 Å². The summed E-state index contributed by atoms with van der Waals surface area (Å²) in [5, 5.41) is 4.31. The van der Waals surface area contributed by atoms with Gasteiger partial charge >= 0.3 is 0 Å². The number of piperidine rings is 1. The summed E-state index contributed by atoms with van der Waals surface area (Å²) in [5.74, 6) is 0.762. The highest BCUT2D eigenvalue weighted by Gasteiger charge is 2.26. The Hall–Kier alpha value is -1.88. The van der Waals surface area contributed by atoms with Gasteiger partial charge in [-0.3, -0.25) is 9.69 Å². The van der Waals surface area contributed by atoms with Crippen LogP contribution in [0.3, 0.4) is 0 Å². The molecule has 4 rings (SSSR count). The maximum absolute atomic E-state index is 11.9. The zero-order valence-electron chi connectivity index (χ0n) is 12.7. The molecule has 0 atom stereocenters. The normalized spacial score (nSPS) is 20.4. The molecule has 1 aliphatic carbocycles. The topological polar surface area (TPSA) is 61.0 Å². The monoisotopic (exact) mass is 298 g/mol. The summed E-state index contributed by atoms with van der Waals surface area (Å²) < 4.78 is 0. The van der Waals surface area contributed by atoms with E-state index in [0.29, 0.717) is 18.5 Å². The summed E-state index contributed by atoms with van der Waals surface area (Å²) in [5.41, 5.74) is 2.36. The SMILES string of the molecule is O=C(CN1CCC(c2c[nH]c3ncccc23)CC1)NC1CC1. The molecule has 116 valence electrons. The number of hydrogen-bond donors (Lipinski definition) is 2. The highest BCUT2D eigenvalue weighted by atomic mass is 16.2. The van der Waals surface area contributed by atoms with Crippen LogP contribution in [-0.2, 0) is 4.79 Å². The van der Waals surface area contributed by atoms with Crippen molar-refractivity contribution in [2.45, 2.75) is 37.6 Å². The van der Waals surface area contributed by atoms with E-state index < -0.39 is 0 Å². The number of H-pyrrole nitrogens is 1. The van der Waals surface area contributed by atoms with Crippen molar-refractivity contribution in [1.29, 1.82) is 0 Å². The number of aromatic amines is 1. The molecule has 1 amide bonds. The summed E-state index contributed by atoms with van der Waals surface area (Å²) in [6.07, 6.45) is 8.46. The molecular weight excluding hydrogens is 276 g/mol. The van der Waals surface area contributed by atoms with Gasteiger partial charge in [0.2, 0.25) is 5.91 Å². The van der Waals surface area contributed by atoms with Crippen LogP contribution in [0.2, 0.25) is 0 Å². The number of hydrogen-bond acceptors (Lipinski definition) is 3. The highest BCUT2D eigenvalue weighted by molar-refractivity contribution is 5.80. The van der Waals surface area contributed by atoms with E-state index in [1.54, 1.807) is 0 Å². The lowest BCUT2D eigenvalue weighted by Crippen LogP contribution is -2.41. The molecule has 2 aliphatic rings. The van der Waals surface area contributed by atoms with E-state index in [9.17, 15) is 4.79 Å². The summed E-state index contributed by atoms with van der Waals surface area (Å²) in [6.45, 7) is 2.55. The lowest BCUT2D eigenvalue weighted by molar-refractivity contribution is -0.122. The zero-order chi connectivity index (χ0) is 14.9. The second-order valence-electron chi connectivity index (χ2n) is 6.54. The molecular formula is C17H22N4O. The van der Waals surface area contributed by atoms with Gasteiger partial charge in [0.25, 0.3) is 0 Å². The van der Waals surface area contributed by atoms with Crippen LogP contribution in [0.1, 0.15) is 37.2 Å². The minimum absolute atomic E-state index is 0.192. The van der Waals surface area contributed by atoms with Crippen molar-refractivity contribution >= 4 is 16.9 Å². The number of carbonyl (C=O) groups excluding carboxylic acids is 1. The Bertz CT molecular complexity index is 668. The van der Waals surface area contributed by atoms with E-state index in [4.69, 9.17) is 0 Å². The molecule has 5 heteroatoms. The predicted molar refractivity (Wildman–Crippen MR) is 85.7 cm³/mol. The number of aromatic nitrogens is 2. The van der Waals surface area contributed by atoms with Gasteiger partial charge in [-0.05, 0) is 62.4 Å². The zero-order valence-corrected chi connectivity index (χ0v) is 12.7. The molecule has 1 aliphatic heterocycles. The second kappa shape index (κ2) is 5.72. The summed E-state index contributed by atoms with van der Waals surface area (Å²) in [6, 6.07) is 4.60. The smallest absolute Gasteiger partial charge is 0.234 e. The van der Waals surface area contributed by atoms with Gasteiger partial charge in [0, 0.05) is 23.8 Å². The molecule has 2 aromatic rings. The van der Waals surface area contributed by atoms with Gasteiger partial charge in [-0.1, -0.05) is 0 Å². The number of nitrogens with zero attached hydrogens (tertiary/aromatic N) is 2. The maximum Gasteiger partial charge on any atom is 0.234 e. The van der Waals surface area contributed by atoms with Crippen LogP contribution >= 0.6 is 0 Å². The average Bonchev–Trinajstić information content (AvgIpc) is 3.24. The Kier molecular flexibility index (Phi) is 3.58. The number of likely N-dealkylation sites (tertiary alicyclic amines) is 1. The van der Waals surface area contributed by atoms with E-state index >= 15 is 0 Å². The summed E-state index contributed by atoms with van der Waals surface area (Å²) >= 11 is 0. The molecule has 0 spiro atoms. The third kappa shape index (κ3) is 2.86. The molecule has 2 N–H and O–H groups in total. The van der Waals surface area contributed by atoms with Crippen molar-refractivity contribution < 1.29 is 4.79 Å². The Morgan fingerprint density at radius 2 is 2.14 bits per heavy atom. The minimum Gasteiger partial charge on any atom is -0.352 e. The Balaban J connectivity index is 1.36. The maximum atomic E-state index is 11.9. The van der Waals surface area contributed by atoms with Crippen molar-refractivity contribution in [1.82, 2.24) is 20.2 Å². The van der Waals surface area contributed by atoms with Crippen LogP contribution in [0.4, 0.5) is 0 Å². The van der Waals surface area contributed by atoms with Gasteiger partial charge in [0.05, 0.1) is 6.54 Å². The fourth-order valence-corrected chi connectivity index (χ4v) is 3.42. The fraction of sp³-hybridized carbons (Fsp3) is 0.529. The summed E-state index contributed by atoms with van der Waals surface area (Å²) in [7, 11) is 0. The Morgan fingerprint density at radius 1 is 1.32 bits per heavy atom. The van der Waals surface area contributed by atoms with Crippen LogP contribution in [0.5, 0.6) is 0 Å². The molecule has 0 unspecified atom stereocenters. The lowest BCUT2D eigenvalue weighted by Gasteiger charge is -2.31. The molecule has 1 saturated carbocycles. The number of fused-ring (bicyclic) bond motifs is 1. The first-order chi connectivity index (χ1) is 10.8. The van der Waals surface area contributed by atoms with Crippen LogP contribution in [-0.4, -0.2) is 46.5 Å². The standard InChI is InChI=1S/C17H22N4O/c22-16(20-13-3-4-13)11-21-8-5-12(6-9-21)15-10-19-17-14(15)2-1-7-18-17/h1-2,7,10,12-13H,3-6,8-9,11H2,(H,18,19)(H,20,22). The summed E-state index contributed by atoms with van der Waals surface area (Å²) in [4.78, 5) is 21.8.